The highest BCUT2D eigenvalue weighted by Gasteiger charge is 2.23. The highest BCUT2D eigenvalue weighted by molar-refractivity contribution is 5.69. The summed E-state index contributed by atoms with van der Waals surface area (Å²) in [7, 11) is 0. The minimum Gasteiger partial charge on any atom is -0.371 e. The molecule has 2 heteroatoms. The van der Waals surface area contributed by atoms with Crippen LogP contribution in [0.1, 0.15) is 29.5 Å². The second-order valence-corrected chi connectivity index (χ2v) is 5.26. The summed E-state index contributed by atoms with van der Waals surface area (Å²) < 4.78 is 0. The molecule has 0 amide bonds. The third kappa shape index (κ3) is 2.48. The lowest BCUT2D eigenvalue weighted by molar-refractivity contribution is -0.104. The zero-order valence-electron chi connectivity index (χ0n) is 11.1. The zero-order chi connectivity index (χ0) is 13.1. The Hall–Kier alpha value is -1.83. The van der Waals surface area contributed by atoms with Crippen LogP contribution in [0.3, 0.4) is 0 Å². The number of aryl methyl sites for hydroxylation is 2. The van der Waals surface area contributed by atoms with Crippen molar-refractivity contribution in [2.24, 2.45) is 0 Å². The van der Waals surface area contributed by atoms with E-state index in [1.807, 2.05) is 6.08 Å². The van der Waals surface area contributed by atoms with E-state index >= 15 is 0 Å². The van der Waals surface area contributed by atoms with Crippen LogP contribution in [0.4, 0.5) is 5.69 Å². The van der Waals surface area contributed by atoms with Crippen LogP contribution in [-0.2, 0) is 17.6 Å². The largest absolute Gasteiger partial charge is 0.371 e. The number of carbonyl (C=O) groups is 1. The quantitative estimate of drug-likeness (QED) is 0.468. The van der Waals surface area contributed by atoms with Gasteiger partial charge < -0.3 is 4.90 Å². The van der Waals surface area contributed by atoms with Crippen molar-refractivity contribution >= 4 is 18.0 Å². The molecule has 0 saturated heterocycles. The molecule has 19 heavy (non-hydrogen) atoms. The molecule has 2 heterocycles. The van der Waals surface area contributed by atoms with Crippen LogP contribution >= 0.6 is 0 Å². The molecular weight excluding hydrogens is 234 g/mol. The predicted molar refractivity (Wildman–Crippen MR) is 79.5 cm³/mol. The molecular formula is C17H19NO. The molecule has 1 aromatic carbocycles. The molecule has 0 N–H and O–H groups in total. The van der Waals surface area contributed by atoms with E-state index in [-0.39, 0.29) is 0 Å². The van der Waals surface area contributed by atoms with E-state index in [4.69, 9.17) is 0 Å². The van der Waals surface area contributed by atoms with Crippen molar-refractivity contribution in [1.82, 2.24) is 0 Å². The number of hydrogen-bond donors (Lipinski definition) is 0. The third-order valence-corrected chi connectivity index (χ3v) is 3.94. The summed E-state index contributed by atoms with van der Waals surface area (Å²) in [6.07, 6.45) is 13.1. The first-order chi connectivity index (χ1) is 9.38. The number of hydrogen-bond acceptors (Lipinski definition) is 2. The molecule has 0 aromatic heterocycles. The van der Waals surface area contributed by atoms with Gasteiger partial charge in [-0.2, -0.15) is 0 Å². The molecule has 2 nitrogen and oxygen atoms in total. The summed E-state index contributed by atoms with van der Waals surface area (Å²) in [6.45, 7) is 2.44. The lowest BCUT2D eigenvalue weighted by Crippen LogP contribution is -2.34. The van der Waals surface area contributed by atoms with Crippen LogP contribution < -0.4 is 4.90 Å². The Morgan fingerprint density at radius 2 is 1.63 bits per heavy atom. The number of nitrogens with zero attached hydrogens (tertiary/aromatic N) is 1. The SMILES string of the molecule is O=C/C=C/C=C/c1cc2c3c(c1)CCCN3CCC2. The van der Waals surface area contributed by atoms with Crippen molar-refractivity contribution in [2.75, 3.05) is 18.0 Å². The number of rotatable bonds is 3. The van der Waals surface area contributed by atoms with E-state index in [9.17, 15) is 4.79 Å². The van der Waals surface area contributed by atoms with Gasteiger partial charge >= 0.3 is 0 Å². The van der Waals surface area contributed by atoms with Crippen LogP contribution in [-0.4, -0.2) is 19.4 Å². The predicted octanol–water partition coefficient (Wildman–Crippen LogP) is 3.15. The van der Waals surface area contributed by atoms with Gasteiger partial charge in [0.25, 0.3) is 0 Å². The van der Waals surface area contributed by atoms with E-state index < -0.39 is 0 Å². The molecule has 2 aliphatic rings. The Labute approximate surface area is 114 Å². The first-order valence-electron chi connectivity index (χ1n) is 7.08. The van der Waals surface area contributed by atoms with Crippen molar-refractivity contribution in [2.45, 2.75) is 25.7 Å². The Kier molecular flexibility index (Phi) is 3.49. The zero-order valence-corrected chi connectivity index (χ0v) is 11.1. The van der Waals surface area contributed by atoms with Gasteiger partial charge in [0.15, 0.2) is 0 Å². The smallest absolute Gasteiger partial charge is 0.142 e. The van der Waals surface area contributed by atoms with Gasteiger partial charge in [-0.15, -0.1) is 0 Å². The van der Waals surface area contributed by atoms with Gasteiger partial charge in [0, 0.05) is 18.8 Å². The standard InChI is InChI=1S/C17H19NO/c19-11-3-1-2-6-14-12-15-7-4-9-18-10-5-8-16(13-14)17(15)18/h1-3,6,11-13H,4-5,7-10H2/b3-1+,6-2+. The maximum atomic E-state index is 10.2. The van der Waals surface area contributed by atoms with E-state index in [0.29, 0.717) is 0 Å². The Morgan fingerprint density at radius 3 is 2.26 bits per heavy atom. The van der Waals surface area contributed by atoms with Gasteiger partial charge in [0.05, 0.1) is 0 Å². The normalized spacial score (nSPS) is 18.0. The minimum atomic E-state index is 0.804. The molecule has 1 aromatic rings. The van der Waals surface area contributed by atoms with Crippen molar-refractivity contribution in [3.63, 3.8) is 0 Å². The summed E-state index contributed by atoms with van der Waals surface area (Å²) in [5.41, 5.74) is 5.77. The average Bonchev–Trinajstić information content (AvgIpc) is 2.44. The van der Waals surface area contributed by atoms with Gasteiger partial charge in [-0.1, -0.05) is 18.2 Å². The fourth-order valence-corrected chi connectivity index (χ4v) is 3.20. The molecule has 0 bridgehead atoms. The van der Waals surface area contributed by atoms with E-state index in [2.05, 4.69) is 23.1 Å². The van der Waals surface area contributed by atoms with Gasteiger partial charge in [0.1, 0.15) is 6.29 Å². The molecule has 3 rings (SSSR count). The fraction of sp³-hybridized carbons (Fsp3) is 0.353. The molecule has 0 spiro atoms. The van der Waals surface area contributed by atoms with E-state index in [1.54, 1.807) is 6.08 Å². The van der Waals surface area contributed by atoms with Crippen LogP contribution in [0.5, 0.6) is 0 Å². The highest BCUT2D eigenvalue weighted by Crippen LogP contribution is 2.36. The second kappa shape index (κ2) is 5.43. The maximum Gasteiger partial charge on any atom is 0.142 e. The van der Waals surface area contributed by atoms with Gasteiger partial charge in [-0.05, 0) is 60.6 Å². The topological polar surface area (TPSA) is 20.3 Å². The van der Waals surface area contributed by atoms with Crippen LogP contribution in [0, 0.1) is 0 Å². The lowest BCUT2D eigenvalue weighted by atomic mass is 9.90. The second-order valence-electron chi connectivity index (χ2n) is 5.26. The van der Waals surface area contributed by atoms with Crippen LogP contribution in [0.15, 0.2) is 30.4 Å². The van der Waals surface area contributed by atoms with Crippen molar-refractivity contribution in [1.29, 1.82) is 0 Å². The van der Waals surface area contributed by atoms with E-state index in [1.165, 1.54) is 67.2 Å². The minimum absolute atomic E-state index is 0.804. The number of allylic oxidation sites excluding steroid dienone is 3. The Bertz CT molecular complexity index is 511. The summed E-state index contributed by atoms with van der Waals surface area (Å²) in [5, 5.41) is 0. The molecule has 2 aliphatic heterocycles. The maximum absolute atomic E-state index is 10.2. The van der Waals surface area contributed by atoms with Crippen LogP contribution in [0.25, 0.3) is 6.08 Å². The fourth-order valence-electron chi connectivity index (χ4n) is 3.20. The van der Waals surface area contributed by atoms with Crippen molar-refractivity contribution < 1.29 is 4.79 Å². The molecule has 98 valence electrons. The number of anilines is 1. The molecule has 0 atom stereocenters. The van der Waals surface area contributed by atoms with Crippen LogP contribution in [0.2, 0.25) is 0 Å². The number of carbonyl (C=O) groups excluding carboxylic acids is 1. The first kappa shape index (κ1) is 12.2. The number of benzene rings is 1. The van der Waals surface area contributed by atoms with Gasteiger partial charge in [0.2, 0.25) is 0 Å². The third-order valence-electron chi connectivity index (χ3n) is 3.94. The number of aldehydes is 1. The molecule has 0 aliphatic carbocycles. The molecule has 0 saturated carbocycles. The monoisotopic (exact) mass is 253 g/mol. The van der Waals surface area contributed by atoms with Crippen molar-refractivity contribution in [3.05, 3.63) is 47.1 Å². The Morgan fingerprint density at radius 1 is 0.947 bits per heavy atom. The molecule has 0 radical (unpaired) electrons. The van der Waals surface area contributed by atoms with Gasteiger partial charge in [-0.25, -0.2) is 0 Å². The van der Waals surface area contributed by atoms with Gasteiger partial charge in [-0.3, -0.25) is 4.79 Å². The average molecular weight is 253 g/mol. The Balaban J connectivity index is 1.94. The summed E-state index contributed by atoms with van der Waals surface area (Å²) in [5.74, 6) is 0. The van der Waals surface area contributed by atoms with Crippen molar-refractivity contribution in [3.8, 4) is 0 Å². The first-order valence-corrected chi connectivity index (χ1v) is 7.08. The molecule has 0 unspecified atom stereocenters. The lowest BCUT2D eigenvalue weighted by Gasteiger charge is -2.37. The van der Waals surface area contributed by atoms with E-state index in [0.717, 1.165) is 6.29 Å². The highest BCUT2D eigenvalue weighted by atomic mass is 16.1. The summed E-state index contributed by atoms with van der Waals surface area (Å²) in [4.78, 5) is 12.8. The summed E-state index contributed by atoms with van der Waals surface area (Å²) >= 11 is 0. The summed E-state index contributed by atoms with van der Waals surface area (Å²) in [6, 6.07) is 4.61. The molecule has 0 fully saturated rings.